The lowest BCUT2D eigenvalue weighted by Gasteiger charge is -2.18. The first-order valence-electron chi connectivity index (χ1n) is 5.13. The zero-order chi connectivity index (χ0) is 13.9. The van der Waals surface area contributed by atoms with Gasteiger partial charge in [0.25, 0.3) is 0 Å². The summed E-state index contributed by atoms with van der Waals surface area (Å²) in [5.41, 5.74) is 10.4. The summed E-state index contributed by atoms with van der Waals surface area (Å²) in [5, 5.41) is 0. The van der Waals surface area contributed by atoms with Gasteiger partial charge in [0.15, 0.2) is 0 Å². The quantitative estimate of drug-likeness (QED) is 0.618. The molecule has 0 radical (unpaired) electrons. The van der Waals surface area contributed by atoms with E-state index in [0.717, 1.165) is 12.4 Å². The maximum atomic E-state index is 11.9. The van der Waals surface area contributed by atoms with Crippen molar-refractivity contribution in [2.24, 2.45) is 11.7 Å². The number of anilines is 1. The molecule has 0 aromatic carbocycles. The van der Waals surface area contributed by atoms with Gasteiger partial charge >= 0.3 is 0 Å². The maximum absolute atomic E-state index is 11.9. The van der Waals surface area contributed by atoms with Gasteiger partial charge in [-0.25, -0.2) is 18.4 Å². The normalized spacial score (nSPS) is 13.5. The Balaban J connectivity index is 3.01. The third-order valence-corrected chi connectivity index (χ3v) is 3.61. The van der Waals surface area contributed by atoms with Crippen LogP contribution in [0.5, 0.6) is 0 Å². The van der Waals surface area contributed by atoms with E-state index in [0.29, 0.717) is 0 Å². The lowest BCUT2D eigenvalue weighted by Crippen LogP contribution is -2.47. The van der Waals surface area contributed by atoms with Crippen molar-refractivity contribution in [1.82, 2.24) is 14.7 Å². The molecule has 8 nitrogen and oxygen atoms in total. The molecule has 100 valence electrons. The van der Waals surface area contributed by atoms with Crippen molar-refractivity contribution in [3.8, 4) is 0 Å². The Morgan fingerprint density at radius 1 is 1.33 bits per heavy atom. The van der Waals surface area contributed by atoms with Crippen molar-refractivity contribution >= 4 is 21.9 Å². The van der Waals surface area contributed by atoms with Gasteiger partial charge in [-0.1, -0.05) is 13.8 Å². The first-order valence-corrected chi connectivity index (χ1v) is 6.61. The lowest BCUT2D eigenvalue weighted by atomic mass is 10.1. The van der Waals surface area contributed by atoms with Crippen LogP contribution in [0.25, 0.3) is 0 Å². The Kier molecular flexibility index (Phi) is 4.19. The van der Waals surface area contributed by atoms with E-state index >= 15 is 0 Å². The fraction of sp³-hybridized carbons (Fsp3) is 0.444. The highest BCUT2D eigenvalue weighted by molar-refractivity contribution is 7.89. The summed E-state index contributed by atoms with van der Waals surface area (Å²) in [4.78, 5) is 18.1. The maximum Gasteiger partial charge on any atom is 0.244 e. The predicted molar refractivity (Wildman–Crippen MR) is 64.6 cm³/mol. The molecule has 0 saturated heterocycles. The molecule has 0 aliphatic heterocycles. The standard InChI is InChI=1S/C9H15N5O3S/c1-5(2)7(8(10)15)14-18(16,17)6-3-12-9(11)13-4-6/h3-5,7,14H,1-2H3,(H2,10,15)(H2,11,12,13). The minimum Gasteiger partial charge on any atom is -0.368 e. The molecule has 18 heavy (non-hydrogen) atoms. The van der Waals surface area contributed by atoms with Crippen LogP contribution < -0.4 is 16.2 Å². The van der Waals surface area contributed by atoms with Crippen LogP contribution in [0.2, 0.25) is 0 Å². The van der Waals surface area contributed by atoms with Crippen molar-refractivity contribution in [1.29, 1.82) is 0 Å². The van der Waals surface area contributed by atoms with E-state index in [-0.39, 0.29) is 16.8 Å². The van der Waals surface area contributed by atoms with Gasteiger partial charge in [-0.05, 0) is 5.92 Å². The molecule has 9 heteroatoms. The van der Waals surface area contributed by atoms with E-state index in [4.69, 9.17) is 11.5 Å². The van der Waals surface area contributed by atoms with Crippen LogP contribution in [0.15, 0.2) is 17.3 Å². The number of hydrogen-bond donors (Lipinski definition) is 3. The van der Waals surface area contributed by atoms with Crippen LogP contribution in [0.3, 0.4) is 0 Å². The molecule has 5 N–H and O–H groups in total. The fourth-order valence-electron chi connectivity index (χ4n) is 1.22. The van der Waals surface area contributed by atoms with Crippen molar-refractivity contribution in [2.45, 2.75) is 24.8 Å². The predicted octanol–water partition coefficient (Wildman–Crippen LogP) is -1.15. The fourth-order valence-corrected chi connectivity index (χ4v) is 2.46. The number of nitrogens with zero attached hydrogens (tertiary/aromatic N) is 2. The molecule has 1 unspecified atom stereocenters. The smallest absolute Gasteiger partial charge is 0.244 e. The summed E-state index contributed by atoms with van der Waals surface area (Å²) < 4.78 is 26.1. The number of nitrogens with two attached hydrogens (primary N) is 2. The summed E-state index contributed by atoms with van der Waals surface area (Å²) in [5.74, 6) is -1.05. The van der Waals surface area contributed by atoms with Crippen LogP contribution in [0.4, 0.5) is 5.95 Å². The summed E-state index contributed by atoms with van der Waals surface area (Å²) >= 11 is 0. The molecule has 1 rings (SSSR count). The third-order valence-electron chi connectivity index (χ3n) is 2.21. The number of nitrogens with one attached hydrogen (secondary N) is 1. The van der Waals surface area contributed by atoms with E-state index in [1.165, 1.54) is 0 Å². The first kappa shape index (κ1) is 14.3. The molecule has 0 saturated carbocycles. The van der Waals surface area contributed by atoms with Gasteiger partial charge in [0.2, 0.25) is 21.9 Å². The minimum absolute atomic E-state index is 0.0377. The lowest BCUT2D eigenvalue weighted by molar-refractivity contribution is -0.120. The molecular weight excluding hydrogens is 258 g/mol. The second-order valence-corrected chi connectivity index (χ2v) is 5.74. The molecule has 1 aromatic rings. The molecule has 0 spiro atoms. The molecule has 1 aromatic heterocycles. The highest BCUT2D eigenvalue weighted by Gasteiger charge is 2.26. The number of hydrogen-bond acceptors (Lipinski definition) is 6. The summed E-state index contributed by atoms with van der Waals surface area (Å²) in [6, 6.07) is -0.993. The molecule has 1 amide bonds. The molecule has 1 atom stereocenters. The number of carbonyl (C=O) groups is 1. The van der Waals surface area contributed by atoms with Crippen molar-refractivity contribution in [3.63, 3.8) is 0 Å². The van der Waals surface area contributed by atoms with Crippen LogP contribution in [0, 0.1) is 5.92 Å². The summed E-state index contributed by atoms with van der Waals surface area (Å²) in [6.07, 6.45) is 2.12. The zero-order valence-corrected chi connectivity index (χ0v) is 10.8. The molecule has 0 aliphatic carbocycles. The van der Waals surface area contributed by atoms with Crippen molar-refractivity contribution in [2.75, 3.05) is 5.73 Å². The van der Waals surface area contributed by atoms with Gasteiger partial charge in [0.1, 0.15) is 10.9 Å². The molecule has 1 heterocycles. The highest BCUT2D eigenvalue weighted by atomic mass is 32.2. The second-order valence-electron chi connectivity index (χ2n) is 4.02. The SMILES string of the molecule is CC(C)C(NS(=O)(=O)c1cnc(N)nc1)C(N)=O. The monoisotopic (exact) mass is 273 g/mol. The van der Waals surface area contributed by atoms with Gasteiger partial charge in [-0.2, -0.15) is 4.72 Å². The number of amides is 1. The number of aromatic nitrogens is 2. The number of sulfonamides is 1. The number of nitrogen functional groups attached to an aromatic ring is 1. The van der Waals surface area contributed by atoms with E-state index < -0.39 is 22.0 Å². The Hall–Kier alpha value is -1.74. The largest absolute Gasteiger partial charge is 0.368 e. The average Bonchev–Trinajstić information content (AvgIpc) is 2.26. The van der Waals surface area contributed by atoms with Gasteiger partial charge in [0.05, 0.1) is 12.4 Å². The van der Waals surface area contributed by atoms with Gasteiger partial charge < -0.3 is 11.5 Å². The topological polar surface area (TPSA) is 141 Å². The van der Waals surface area contributed by atoms with Crippen LogP contribution >= 0.6 is 0 Å². The van der Waals surface area contributed by atoms with E-state index in [9.17, 15) is 13.2 Å². The Labute approximate surface area is 105 Å². The van der Waals surface area contributed by atoms with E-state index in [1.54, 1.807) is 13.8 Å². The second kappa shape index (κ2) is 5.27. The molecule has 0 bridgehead atoms. The molecular formula is C9H15N5O3S. The van der Waals surface area contributed by atoms with Crippen LogP contribution in [0.1, 0.15) is 13.8 Å². The Bertz CT molecular complexity index is 526. The van der Waals surface area contributed by atoms with Crippen molar-refractivity contribution < 1.29 is 13.2 Å². The average molecular weight is 273 g/mol. The van der Waals surface area contributed by atoms with E-state index in [2.05, 4.69) is 14.7 Å². The van der Waals surface area contributed by atoms with Crippen LogP contribution in [-0.2, 0) is 14.8 Å². The van der Waals surface area contributed by atoms with Gasteiger partial charge in [-0.3, -0.25) is 4.79 Å². The summed E-state index contributed by atoms with van der Waals surface area (Å²) in [6.45, 7) is 3.36. The van der Waals surface area contributed by atoms with Crippen molar-refractivity contribution in [3.05, 3.63) is 12.4 Å². The molecule has 0 aliphatic rings. The number of primary amides is 1. The van der Waals surface area contributed by atoms with Gasteiger partial charge in [-0.15, -0.1) is 0 Å². The Morgan fingerprint density at radius 3 is 2.22 bits per heavy atom. The minimum atomic E-state index is -3.90. The highest BCUT2D eigenvalue weighted by Crippen LogP contribution is 2.10. The number of rotatable bonds is 5. The number of carbonyl (C=O) groups excluding carboxylic acids is 1. The van der Waals surface area contributed by atoms with Crippen LogP contribution in [-0.4, -0.2) is 30.3 Å². The third kappa shape index (κ3) is 3.37. The van der Waals surface area contributed by atoms with Gasteiger partial charge in [0, 0.05) is 0 Å². The Morgan fingerprint density at radius 2 is 1.83 bits per heavy atom. The molecule has 0 fully saturated rings. The van der Waals surface area contributed by atoms with E-state index in [1.807, 2.05) is 0 Å². The zero-order valence-electron chi connectivity index (χ0n) is 9.99. The first-order chi connectivity index (χ1) is 8.24. The summed E-state index contributed by atoms with van der Waals surface area (Å²) in [7, 11) is -3.90.